The number of hydrogen-bond donors (Lipinski definition) is 1. The monoisotopic (exact) mass is 251 g/mol. The Labute approximate surface area is 110 Å². The molecule has 1 aromatic rings. The van der Waals surface area contributed by atoms with E-state index in [-0.39, 0.29) is 0 Å². The molecule has 0 fully saturated rings. The number of nitrogens with zero attached hydrogens (tertiary/aromatic N) is 2. The summed E-state index contributed by atoms with van der Waals surface area (Å²) < 4.78 is 5.21. The molecule has 1 N–H and O–H groups in total. The number of anilines is 1. The molecule has 1 aromatic heterocycles. The van der Waals surface area contributed by atoms with Gasteiger partial charge in [0.1, 0.15) is 0 Å². The number of nitrogens with one attached hydrogen (secondary N) is 1. The van der Waals surface area contributed by atoms with E-state index in [9.17, 15) is 0 Å². The first-order valence-corrected chi connectivity index (χ1v) is 6.57. The molecule has 18 heavy (non-hydrogen) atoms. The lowest BCUT2D eigenvalue weighted by Crippen LogP contribution is -2.36. The molecule has 102 valence electrons. The summed E-state index contributed by atoms with van der Waals surface area (Å²) in [6, 6.07) is 2.56. The Morgan fingerprint density at radius 2 is 2.28 bits per heavy atom. The van der Waals surface area contributed by atoms with E-state index in [0.717, 1.165) is 26.1 Å². The lowest BCUT2D eigenvalue weighted by Gasteiger charge is -2.32. The lowest BCUT2D eigenvalue weighted by molar-refractivity contribution is 0.203. The number of hydrogen-bond acceptors (Lipinski definition) is 4. The molecule has 0 saturated carbocycles. The maximum atomic E-state index is 5.21. The fourth-order valence-electron chi connectivity index (χ4n) is 2.00. The highest BCUT2D eigenvalue weighted by Gasteiger charge is 2.15. The van der Waals surface area contributed by atoms with Crippen molar-refractivity contribution in [1.82, 2.24) is 10.3 Å². The van der Waals surface area contributed by atoms with Gasteiger partial charge in [-0.1, -0.05) is 6.92 Å². The molecule has 0 amide bonds. The van der Waals surface area contributed by atoms with Gasteiger partial charge < -0.3 is 15.0 Å². The van der Waals surface area contributed by atoms with E-state index in [2.05, 4.69) is 35.1 Å². The molecule has 4 heteroatoms. The van der Waals surface area contributed by atoms with Crippen LogP contribution in [0.15, 0.2) is 18.5 Å². The molecule has 1 unspecified atom stereocenters. The van der Waals surface area contributed by atoms with E-state index in [4.69, 9.17) is 4.74 Å². The van der Waals surface area contributed by atoms with Crippen LogP contribution in [0.25, 0.3) is 0 Å². The van der Waals surface area contributed by atoms with Gasteiger partial charge in [0, 0.05) is 32.4 Å². The quantitative estimate of drug-likeness (QED) is 0.767. The van der Waals surface area contributed by atoms with Crippen LogP contribution in [0, 0.1) is 0 Å². The summed E-state index contributed by atoms with van der Waals surface area (Å²) in [4.78, 5) is 6.64. The molecule has 1 rings (SSSR count). The summed E-state index contributed by atoms with van der Waals surface area (Å²) in [5.41, 5.74) is 2.49. The van der Waals surface area contributed by atoms with Gasteiger partial charge in [-0.3, -0.25) is 4.98 Å². The third-order valence-corrected chi connectivity index (χ3v) is 3.22. The first kappa shape index (κ1) is 14.9. The second-order valence-corrected chi connectivity index (χ2v) is 4.48. The second-order valence-electron chi connectivity index (χ2n) is 4.48. The molecular weight excluding hydrogens is 226 g/mol. The van der Waals surface area contributed by atoms with Crippen LogP contribution in [0.3, 0.4) is 0 Å². The maximum Gasteiger partial charge on any atom is 0.0637 e. The predicted molar refractivity (Wildman–Crippen MR) is 76.0 cm³/mol. The van der Waals surface area contributed by atoms with Crippen LogP contribution in [-0.4, -0.2) is 38.3 Å². The zero-order valence-electron chi connectivity index (χ0n) is 11.9. The third kappa shape index (κ3) is 3.96. The molecule has 0 aliphatic carbocycles. The van der Waals surface area contributed by atoms with Crippen molar-refractivity contribution in [2.45, 2.75) is 32.9 Å². The van der Waals surface area contributed by atoms with Crippen LogP contribution < -0.4 is 10.2 Å². The summed E-state index contributed by atoms with van der Waals surface area (Å²) >= 11 is 0. The fourth-order valence-corrected chi connectivity index (χ4v) is 2.00. The molecule has 0 aliphatic heterocycles. The Balaban J connectivity index is 2.95. The number of methoxy groups -OCH3 is 1. The molecule has 0 aliphatic rings. The van der Waals surface area contributed by atoms with Crippen LogP contribution in [0.1, 0.15) is 25.8 Å². The highest BCUT2D eigenvalue weighted by atomic mass is 16.5. The predicted octanol–water partition coefficient (Wildman–Crippen LogP) is 2.05. The van der Waals surface area contributed by atoms with Crippen molar-refractivity contribution in [2.24, 2.45) is 0 Å². The van der Waals surface area contributed by atoms with Gasteiger partial charge in [-0.05, 0) is 32.0 Å². The van der Waals surface area contributed by atoms with Gasteiger partial charge in [-0.25, -0.2) is 0 Å². The first-order chi connectivity index (χ1) is 8.74. The Hall–Kier alpha value is -1.13. The van der Waals surface area contributed by atoms with Gasteiger partial charge in [-0.15, -0.1) is 0 Å². The Kier molecular flexibility index (Phi) is 6.68. The van der Waals surface area contributed by atoms with Gasteiger partial charge >= 0.3 is 0 Å². The maximum absolute atomic E-state index is 5.21. The standard InChI is InChI=1S/C14H25N3O/c1-5-12(2)17(8-9-18-4)14-11-16-7-6-13(14)10-15-3/h6-7,11-12,15H,5,8-10H2,1-4H3. The summed E-state index contributed by atoms with van der Waals surface area (Å²) in [5, 5.41) is 3.21. The highest BCUT2D eigenvalue weighted by molar-refractivity contribution is 5.52. The lowest BCUT2D eigenvalue weighted by atomic mass is 10.1. The summed E-state index contributed by atoms with van der Waals surface area (Å²) in [5.74, 6) is 0. The van der Waals surface area contributed by atoms with Crippen LogP contribution in [0.5, 0.6) is 0 Å². The van der Waals surface area contributed by atoms with E-state index < -0.39 is 0 Å². The highest BCUT2D eigenvalue weighted by Crippen LogP contribution is 2.22. The molecule has 4 nitrogen and oxygen atoms in total. The molecule has 0 spiro atoms. The largest absolute Gasteiger partial charge is 0.383 e. The molecule has 0 bridgehead atoms. The molecule has 1 heterocycles. The van der Waals surface area contributed by atoms with E-state index in [1.54, 1.807) is 7.11 Å². The number of rotatable bonds is 8. The molecule has 0 aromatic carbocycles. The van der Waals surface area contributed by atoms with E-state index in [1.807, 2.05) is 19.4 Å². The number of pyridine rings is 1. The topological polar surface area (TPSA) is 37.4 Å². The van der Waals surface area contributed by atoms with Crippen LogP contribution >= 0.6 is 0 Å². The van der Waals surface area contributed by atoms with Crippen molar-refractivity contribution in [3.8, 4) is 0 Å². The van der Waals surface area contributed by atoms with Crippen molar-refractivity contribution < 1.29 is 4.74 Å². The summed E-state index contributed by atoms with van der Waals surface area (Å²) in [6.07, 6.45) is 4.91. The molecule has 1 atom stereocenters. The van der Waals surface area contributed by atoms with E-state index in [1.165, 1.54) is 11.3 Å². The van der Waals surface area contributed by atoms with Crippen LogP contribution in [0.4, 0.5) is 5.69 Å². The van der Waals surface area contributed by atoms with Gasteiger partial charge in [0.15, 0.2) is 0 Å². The van der Waals surface area contributed by atoms with Gasteiger partial charge in [0.2, 0.25) is 0 Å². The molecule has 0 saturated heterocycles. The van der Waals surface area contributed by atoms with Crippen LogP contribution in [0.2, 0.25) is 0 Å². The molecular formula is C14H25N3O. The molecule has 0 radical (unpaired) electrons. The first-order valence-electron chi connectivity index (χ1n) is 6.57. The minimum Gasteiger partial charge on any atom is -0.383 e. The zero-order chi connectivity index (χ0) is 13.4. The average molecular weight is 251 g/mol. The summed E-state index contributed by atoms with van der Waals surface area (Å²) in [6.45, 7) is 6.94. The van der Waals surface area contributed by atoms with Crippen molar-refractivity contribution >= 4 is 5.69 Å². The van der Waals surface area contributed by atoms with Crippen LogP contribution in [-0.2, 0) is 11.3 Å². The second kappa shape index (κ2) is 8.06. The Morgan fingerprint density at radius 1 is 1.50 bits per heavy atom. The SMILES string of the molecule is CCC(C)N(CCOC)c1cnccc1CNC. The van der Waals surface area contributed by atoms with E-state index >= 15 is 0 Å². The van der Waals surface area contributed by atoms with Crippen molar-refractivity contribution in [3.05, 3.63) is 24.0 Å². The Bertz CT molecular complexity index is 344. The van der Waals surface area contributed by atoms with Crippen molar-refractivity contribution in [3.63, 3.8) is 0 Å². The van der Waals surface area contributed by atoms with Crippen molar-refractivity contribution in [1.29, 1.82) is 0 Å². The fraction of sp³-hybridized carbons (Fsp3) is 0.643. The smallest absolute Gasteiger partial charge is 0.0637 e. The Morgan fingerprint density at radius 3 is 2.89 bits per heavy atom. The normalized spacial score (nSPS) is 12.4. The summed E-state index contributed by atoms with van der Waals surface area (Å²) in [7, 11) is 3.71. The van der Waals surface area contributed by atoms with Gasteiger partial charge in [0.05, 0.1) is 18.5 Å². The van der Waals surface area contributed by atoms with Crippen molar-refractivity contribution in [2.75, 3.05) is 32.2 Å². The zero-order valence-corrected chi connectivity index (χ0v) is 11.9. The third-order valence-electron chi connectivity index (χ3n) is 3.22. The number of aromatic nitrogens is 1. The minimum atomic E-state index is 0.486. The number of ether oxygens (including phenoxy) is 1. The minimum absolute atomic E-state index is 0.486. The van der Waals surface area contributed by atoms with Gasteiger partial charge in [0.25, 0.3) is 0 Å². The van der Waals surface area contributed by atoms with E-state index in [0.29, 0.717) is 6.04 Å². The van der Waals surface area contributed by atoms with Gasteiger partial charge in [-0.2, -0.15) is 0 Å². The average Bonchev–Trinajstić information content (AvgIpc) is 2.40.